The average molecular weight is 647 g/mol. The van der Waals surface area contributed by atoms with Gasteiger partial charge in [-0.15, -0.1) is 0 Å². The van der Waals surface area contributed by atoms with Crippen LogP contribution >= 0.6 is 0 Å². The minimum absolute atomic E-state index is 0.604. The number of hydrogen-bond acceptors (Lipinski definition) is 8. The van der Waals surface area contributed by atoms with Crippen molar-refractivity contribution in [1.82, 2.24) is 16.0 Å². The molecule has 5 N–H and O–H groups in total. The number of methoxy groups -OCH3 is 4. The summed E-state index contributed by atoms with van der Waals surface area (Å²) < 4.78 is 20.0. The molecule has 0 aliphatic rings. The Morgan fingerprint density at radius 1 is 0.362 bits per heavy atom. The first-order valence-corrected chi connectivity index (χ1v) is 15.9. The minimum Gasteiger partial charge on any atom is -0.380 e. The van der Waals surface area contributed by atoms with Gasteiger partial charge in [-0.25, -0.2) is 0 Å². The van der Waals surface area contributed by atoms with E-state index in [0.717, 1.165) is 25.2 Å². The highest BCUT2D eigenvalue weighted by atomic mass is 16.5. The van der Waals surface area contributed by atoms with E-state index >= 15 is 0 Å². The number of hydrogen-bond donors (Lipinski definition) is 4. The molecule has 0 saturated heterocycles. The normalized spacial score (nSPS) is 10.1. The summed E-state index contributed by atoms with van der Waals surface area (Å²) in [6.07, 6.45) is 0. The summed E-state index contributed by atoms with van der Waals surface area (Å²) in [5, 5.41) is 9.34. The molecule has 8 nitrogen and oxygen atoms in total. The van der Waals surface area contributed by atoms with Gasteiger partial charge in [0.05, 0.1) is 26.4 Å². The third-order valence-electron chi connectivity index (χ3n) is 6.71. The summed E-state index contributed by atoms with van der Waals surface area (Å²) in [5.74, 6) is 0. The van der Waals surface area contributed by atoms with Crippen molar-refractivity contribution in [3.63, 3.8) is 0 Å². The molecule has 0 spiro atoms. The molecular weight excluding hydrogens is 588 g/mol. The predicted octanol–water partition coefficient (Wildman–Crippen LogP) is 5.95. The first-order valence-electron chi connectivity index (χ1n) is 15.9. The van der Waals surface area contributed by atoms with Gasteiger partial charge in [0.2, 0.25) is 0 Å². The Kier molecular flexibility index (Phi) is 24.5. The van der Waals surface area contributed by atoms with Crippen LogP contribution in [-0.4, -0.2) is 49.6 Å². The van der Waals surface area contributed by atoms with Gasteiger partial charge < -0.3 is 40.6 Å². The van der Waals surface area contributed by atoms with E-state index in [0.29, 0.717) is 33.0 Å². The van der Waals surface area contributed by atoms with E-state index in [9.17, 15) is 0 Å². The number of nitrogens with one attached hydrogen (secondary N) is 3. The lowest BCUT2D eigenvalue weighted by Gasteiger charge is -2.02. The van der Waals surface area contributed by atoms with Gasteiger partial charge in [0.15, 0.2) is 0 Å². The molecule has 0 atom stereocenters. The van der Waals surface area contributed by atoms with Crippen molar-refractivity contribution in [2.45, 2.75) is 52.6 Å². The van der Waals surface area contributed by atoms with E-state index in [1.54, 1.807) is 28.4 Å². The SMILES string of the molecule is CNCc1ccc(CNC)cc1.CNCc1ccc(COC)cc1.COCc1ccc(CN)cc1.COCc1ccc(COC)cc1. The van der Waals surface area contributed by atoms with E-state index in [1.165, 1.54) is 38.9 Å². The zero-order valence-corrected chi connectivity index (χ0v) is 29.6. The van der Waals surface area contributed by atoms with Crippen molar-refractivity contribution in [2.24, 2.45) is 5.73 Å². The first-order chi connectivity index (χ1) is 23.0. The Morgan fingerprint density at radius 2 is 0.553 bits per heavy atom. The monoisotopic (exact) mass is 646 g/mol. The van der Waals surface area contributed by atoms with Gasteiger partial charge >= 0.3 is 0 Å². The zero-order valence-electron chi connectivity index (χ0n) is 29.6. The number of benzene rings is 4. The summed E-state index contributed by atoms with van der Waals surface area (Å²) in [6, 6.07) is 33.4. The van der Waals surface area contributed by atoms with E-state index in [4.69, 9.17) is 24.7 Å². The maximum Gasteiger partial charge on any atom is 0.0713 e. The van der Waals surface area contributed by atoms with E-state index in [2.05, 4.69) is 88.7 Å². The highest BCUT2D eigenvalue weighted by Crippen LogP contribution is 2.07. The molecule has 0 amide bonds. The molecule has 47 heavy (non-hydrogen) atoms. The fourth-order valence-corrected chi connectivity index (χ4v) is 4.31. The van der Waals surface area contributed by atoms with Crippen LogP contribution in [0.4, 0.5) is 0 Å². The fourth-order valence-electron chi connectivity index (χ4n) is 4.31. The molecule has 0 saturated carbocycles. The van der Waals surface area contributed by atoms with Crippen LogP contribution < -0.4 is 21.7 Å². The second-order valence-corrected chi connectivity index (χ2v) is 10.8. The van der Waals surface area contributed by atoms with Gasteiger partial charge in [0.1, 0.15) is 0 Å². The van der Waals surface area contributed by atoms with E-state index in [-0.39, 0.29) is 0 Å². The first kappa shape index (κ1) is 41.6. The maximum atomic E-state index is 5.44. The van der Waals surface area contributed by atoms with E-state index < -0.39 is 0 Å². The summed E-state index contributed by atoms with van der Waals surface area (Å²) in [6.45, 7) is 6.13. The molecule has 0 aliphatic heterocycles. The largest absolute Gasteiger partial charge is 0.380 e. The standard InChI is InChI=1S/C10H16N2.C10H15NO.C10H14O2.C9H13NO/c3*1-11-7-9-3-5-10(6-4-9)8-12-2;1-11-7-9-4-2-8(6-10)3-5-9/h3-6,11-12H,7-8H2,1-2H3;3-6,11H,7-8H2,1-2H3;3-6H,7-8H2,1-2H3;2-5H,6-7,10H2,1H3. The van der Waals surface area contributed by atoms with Crippen LogP contribution in [0, 0.1) is 0 Å². The molecule has 0 aromatic heterocycles. The van der Waals surface area contributed by atoms with Crippen LogP contribution in [-0.2, 0) is 71.6 Å². The van der Waals surface area contributed by atoms with Gasteiger partial charge in [-0.3, -0.25) is 0 Å². The Labute approximate surface area is 284 Å². The van der Waals surface area contributed by atoms with Crippen molar-refractivity contribution in [2.75, 3.05) is 49.6 Å². The van der Waals surface area contributed by atoms with Crippen LogP contribution in [0.5, 0.6) is 0 Å². The smallest absolute Gasteiger partial charge is 0.0713 e. The van der Waals surface area contributed by atoms with Gasteiger partial charge in [-0.2, -0.15) is 0 Å². The molecule has 0 radical (unpaired) electrons. The molecule has 258 valence electrons. The quantitative estimate of drug-likeness (QED) is 0.126. The van der Waals surface area contributed by atoms with Crippen molar-refractivity contribution < 1.29 is 18.9 Å². The molecule has 0 unspecified atom stereocenters. The third kappa shape index (κ3) is 19.7. The molecule has 4 rings (SSSR count). The molecule has 8 heteroatoms. The Morgan fingerprint density at radius 3 is 0.723 bits per heavy atom. The Bertz CT molecular complexity index is 1070. The second kappa shape index (κ2) is 27.7. The topological polar surface area (TPSA) is 99.0 Å². The van der Waals surface area contributed by atoms with Gasteiger partial charge in [0.25, 0.3) is 0 Å². The lowest BCUT2D eigenvalue weighted by molar-refractivity contribution is 0.182. The van der Waals surface area contributed by atoms with Gasteiger partial charge in [-0.1, -0.05) is 97.1 Å². The van der Waals surface area contributed by atoms with Crippen LogP contribution in [0.2, 0.25) is 0 Å². The number of rotatable bonds is 15. The highest BCUT2D eigenvalue weighted by Gasteiger charge is 1.95. The molecule has 4 aromatic carbocycles. The molecule has 0 bridgehead atoms. The average Bonchev–Trinajstić information content (AvgIpc) is 3.10. The van der Waals surface area contributed by atoms with Crippen molar-refractivity contribution in [3.8, 4) is 0 Å². The minimum atomic E-state index is 0.604. The van der Waals surface area contributed by atoms with Crippen LogP contribution in [0.15, 0.2) is 97.1 Å². The molecule has 0 heterocycles. The zero-order chi connectivity index (χ0) is 34.5. The number of ether oxygens (including phenoxy) is 4. The van der Waals surface area contributed by atoms with Crippen LogP contribution in [0.25, 0.3) is 0 Å². The van der Waals surface area contributed by atoms with Gasteiger partial charge in [0, 0.05) is 54.6 Å². The highest BCUT2D eigenvalue weighted by molar-refractivity contribution is 5.24. The summed E-state index contributed by atoms with van der Waals surface area (Å²) in [5.41, 5.74) is 15.4. The van der Waals surface area contributed by atoms with Crippen molar-refractivity contribution >= 4 is 0 Å². The molecule has 4 aromatic rings. The fraction of sp³-hybridized carbons (Fsp3) is 0.385. The Balaban J connectivity index is 0.000000314. The van der Waals surface area contributed by atoms with Crippen molar-refractivity contribution in [1.29, 1.82) is 0 Å². The summed E-state index contributed by atoms with van der Waals surface area (Å²) in [7, 11) is 12.7. The van der Waals surface area contributed by atoms with Gasteiger partial charge in [-0.05, 0) is 65.7 Å². The maximum absolute atomic E-state index is 5.44. The van der Waals surface area contributed by atoms with Crippen LogP contribution in [0.1, 0.15) is 44.5 Å². The lowest BCUT2D eigenvalue weighted by atomic mass is 10.1. The van der Waals surface area contributed by atoms with E-state index in [1.807, 2.05) is 45.4 Å². The third-order valence-corrected chi connectivity index (χ3v) is 6.71. The lowest BCUT2D eigenvalue weighted by Crippen LogP contribution is -2.07. The molecule has 0 aliphatic carbocycles. The van der Waals surface area contributed by atoms with Crippen LogP contribution in [0.3, 0.4) is 0 Å². The van der Waals surface area contributed by atoms with Crippen molar-refractivity contribution in [3.05, 3.63) is 142 Å². The summed E-state index contributed by atoms with van der Waals surface area (Å²) in [4.78, 5) is 0. The summed E-state index contributed by atoms with van der Waals surface area (Å²) >= 11 is 0. The predicted molar refractivity (Wildman–Crippen MR) is 195 cm³/mol. The molecular formula is C39H58N4O4. The number of nitrogens with two attached hydrogens (primary N) is 1. The second-order valence-electron chi connectivity index (χ2n) is 10.8. The Hall–Kier alpha value is -3.44. The molecule has 0 fully saturated rings.